The van der Waals surface area contributed by atoms with Crippen LogP contribution in [0.3, 0.4) is 0 Å². The summed E-state index contributed by atoms with van der Waals surface area (Å²) in [4.78, 5) is 14.4. The Bertz CT molecular complexity index is 182. The van der Waals surface area contributed by atoms with Gasteiger partial charge in [-0.25, -0.2) is 0 Å². The maximum atomic E-state index is 12.3. The standard InChI is InChI=1S/C12H23NO/c1-4-12(5-2,6-3)11(14)13-9-7-8-10-13/h4-10H2,1-3H3. The Morgan fingerprint density at radius 1 is 1.07 bits per heavy atom. The molecule has 0 bridgehead atoms. The molecular weight excluding hydrogens is 174 g/mol. The van der Waals surface area contributed by atoms with Crippen molar-refractivity contribution in [3.63, 3.8) is 0 Å². The lowest BCUT2D eigenvalue weighted by Gasteiger charge is -2.33. The zero-order chi connectivity index (χ0) is 10.6. The first-order chi connectivity index (χ1) is 6.70. The third kappa shape index (κ3) is 1.94. The lowest BCUT2D eigenvalue weighted by molar-refractivity contribution is -0.141. The third-order valence-electron chi connectivity index (χ3n) is 3.88. The van der Waals surface area contributed by atoms with E-state index in [1.165, 1.54) is 12.8 Å². The molecule has 1 aliphatic rings. The number of rotatable bonds is 4. The van der Waals surface area contributed by atoms with Crippen LogP contribution in [0.15, 0.2) is 0 Å². The summed E-state index contributed by atoms with van der Waals surface area (Å²) in [6.07, 6.45) is 5.33. The van der Waals surface area contributed by atoms with Crippen LogP contribution in [-0.4, -0.2) is 23.9 Å². The van der Waals surface area contributed by atoms with Gasteiger partial charge in [0, 0.05) is 18.5 Å². The van der Waals surface area contributed by atoms with Crippen LogP contribution in [0.5, 0.6) is 0 Å². The molecule has 0 spiro atoms. The van der Waals surface area contributed by atoms with E-state index >= 15 is 0 Å². The molecule has 0 N–H and O–H groups in total. The SMILES string of the molecule is CCC(CC)(CC)C(=O)N1CCCC1. The monoisotopic (exact) mass is 197 g/mol. The Labute approximate surface area is 87.7 Å². The van der Waals surface area contributed by atoms with Crippen LogP contribution in [0.25, 0.3) is 0 Å². The molecule has 0 radical (unpaired) electrons. The lowest BCUT2D eigenvalue weighted by atomic mass is 9.78. The van der Waals surface area contributed by atoms with Gasteiger partial charge in [0.05, 0.1) is 0 Å². The Kier molecular flexibility index (Phi) is 3.97. The van der Waals surface area contributed by atoms with Gasteiger partial charge in [0.15, 0.2) is 0 Å². The molecule has 0 atom stereocenters. The highest BCUT2D eigenvalue weighted by molar-refractivity contribution is 5.82. The van der Waals surface area contributed by atoms with Crippen molar-refractivity contribution < 1.29 is 4.79 Å². The first-order valence-electron chi connectivity index (χ1n) is 5.99. The molecule has 0 unspecified atom stereocenters. The maximum absolute atomic E-state index is 12.3. The van der Waals surface area contributed by atoms with Crippen molar-refractivity contribution in [2.45, 2.75) is 52.9 Å². The van der Waals surface area contributed by atoms with Crippen molar-refractivity contribution in [1.82, 2.24) is 4.90 Å². The molecule has 0 saturated carbocycles. The predicted octanol–water partition coefficient (Wildman–Crippen LogP) is 2.83. The van der Waals surface area contributed by atoms with Gasteiger partial charge in [-0.15, -0.1) is 0 Å². The highest BCUT2D eigenvalue weighted by Gasteiger charge is 2.36. The van der Waals surface area contributed by atoms with E-state index in [4.69, 9.17) is 0 Å². The van der Waals surface area contributed by atoms with E-state index in [1.54, 1.807) is 0 Å². The number of likely N-dealkylation sites (tertiary alicyclic amines) is 1. The minimum Gasteiger partial charge on any atom is -0.342 e. The van der Waals surface area contributed by atoms with Crippen molar-refractivity contribution in [2.24, 2.45) is 5.41 Å². The average Bonchev–Trinajstić information content (AvgIpc) is 2.74. The molecule has 0 aliphatic carbocycles. The molecule has 2 heteroatoms. The van der Waals surface area contributed by atoms with Crippen LogP contribution < -0.4 is 0 Å². The molecule has 0 aromatic rings. The van der Waals surface area contributed by atoms with E-state index in [9.17, 15) is 4.79 Å². The Hall–Kier alpha value is -0.530. The summed E-state index contributed by atoms with van der Waals surface area (Å²) < 4.78 is 0. The molecule has 0 aromatic carbocycles. The maximum Gasteiger partial charge on any atom is 0.228 e. The second-order valence-electron chi connectivity index (χ2n) is 4.34. The zero-order valence-electron chi connectivity index (χ0n) is 9.81. The van der Waals surface area contributed by atoms with Crippen molar-refractivity contribution in [1.29, 1.82) is 0 Å². The topological polar surface area (TPSA) is 20.3 Å². The highest BCUT2D eigenvalue weighted by atomic mass is 16.2. The number of carbonyl (C=O) groups excluding carboxylic acids is 1. The highest BCUT2D eigenvalue weighted by Crippen LogP contribution is 2.33. The predicted molar refractivity (Wildman–Crippen MR) is 59.1 cm³/mol. The molecule has 82 valence electrons. The average molecular weight is 197 g/mol. The summed E-state index contributed by atoms with van der Waals surface area (Å²) in [5.41, 5.74) is -0.0651. The summed E-state index contributed by atoms with van der Waals surface area (Å²) >= 11 is 0. The Morgan fingerprint density at radius 2 is 1.50 bits per heavy atom. The molecule has 1 rings (SSSR count). The van der Waals surface area contributed by atoms with Gasteiger partial charge < -0.3 is 4.90 Å². The van der Waals surface area contributed by atoms with Gasteiger partial charge in [0.2, 0.25) is 5.91 Å². The van der Waals surface area contributed by atoms with Crippen molar-refractivity contribution in [2.75, 3.05) is 13.1 Å². The van der Waals surface area contributed by atoms with Gasteiger partial charge in [-0.05, 0) is 32.1 Å². The largest absolute Gasteiger partial charge is 0.342 e. The van der Waals surface area contributed by atoms with E-state index in [0.29, 0.717) is 5.91 Å². The molecule has 2 nitrogen and oxygen atoms in total. The second kappa shape index (κ2) is 4.81. The summed E-state index contributed by atoms with van der Waals surface area (Å²) in [7, 11) is 0. The minimum absolute atomic E-state index is 0.0651. The van der Waals surface area contributed by atoms with E-state index in [0.717, 1.165) is 32.4 Å². The minimum atomic E-state index is -0.0651. The van der Waals surface area contributed by atoms with Crippen molar-refractivity contribution in [3.05, 3.63) is 0 Å². The molecule has 1 fully saturated rings. The molecule has 1 heterocycles. The second-order valence-corrected chi connectivity index (χ2v) is 4.34. The van der Waals surface area contributed by atoms with Gasteiger partial charge >= 0.3 is 0 Å². The quantitative estimate of drug-likeness (QED) is 0.678. The number of nitrogens with zero attached hydrogens (tertiary/aromatic N) is 1. The van der Waals surface area contributed by atoms with E-state index in [2.05, 4.69) is 25.7 Å². The van der Waals surface area contributed by atoms with E-state index in [-0.39, 0.29) is 5.41 Å². The Morgan fingerprint density at radius 3 is 1.86 bits per heavy atom. The van der Waals surface area contributed by atoms with E-state index in [1.807, 2.05) is 0 Å². The van der Waals surface area contributed by atoms with Crippen LogP contribution in [0.1, 0.15) is 52.9 Å². The fourth-order valence-corrected chi connectivity index (χ4v) is 2.46. The lowest BCUT2D eigenvalue weighted by Crippen LogP contribution is -2.41. The third-order valence-corrected chi connectivity index (χ3v) is 3.88. The van der Waals surface area contributed by atoms with Gasteiger partial charge in [0.1, 0.15) is 0 Å². The summed E-state index contributed by atoms with van der Waals surface area (Å²) in [5.74, 6) is 0.405. The Balaban J connectivity index is 2.71. The first-order valence-corrected chi connectivity index (χ1v) is 5.99. The van der Waals surface area contributed by atoms with Gasteiger partial charge in [-0.1, -0.05) is 20.8 Å². The fourth-order valence-electron chi connectivity index (χ4n) is 2.46. The molecular formula is C12H23NO. The van der Waals surface area contributed by atoms with Crippen LogP contribution >= 0.6 is 0 Å². The van der Waals surface area contributed by atoms with E-state index < -0.39 is 0 Å². The van der Waals surface area contributed by atoms with Crippen LogP contribution in [-0.2, 0) is 4.79 Å². The number of carbonyl (C=O) groups is 1. The van der Waals surface area contributed by atoms with Crippen LogP contribution in [0.2, 0.25) is 0 Å². The van der Waals surface area contributed by atoms with Gasteiger partial charge in [-0.3, -0.25) is 4.79 Å². The van der Waals surface area contributed by atoms with Crippen molar-refractivity contribution in [3.8, 4) is 0 Å². The van der Waals surface area contributed by atoms with Gasteiger partial charge in [0.25, 0.3) is 0 Å². The summed E-state index contributed by atoms with van der Waals surface area (Å²) in [6, 6.07) is 0. The smallest absolute Gasteiger partial charge is 0.228 e. The first kappa shape index (κ1) is 11.5. The number of amides is 1. The van der Waals surface area contributed by atoms with Crippen LogP contribution in [0.4, 0.5) is 0 Å². The summed E-state index contributed by atoms with van der Waals surface area (Å²) in [6.45, 7) is 8.39. The van der Waals surface area contributed by atoms with Crippen LogP contribution in [0, 0.1) is 5.41 Å². The molecule has 14 heavy (non-hydrogen) atoms. The van der Waals surface area contributed by atoms with Crippen molar-refractivity contribution >= 4 is 5.91 Å². The molecule has 1 amide bonds. The zero-order valence-corrected chi connectivity index (χ0v) is 9.81. The summed E-state index contributed by atoms with van der Waals surface area (Å²) in [5, 5.41) is 0. The molecule has 1 saturated heterocycles. The number of hydrogen-bond donors (Lipinski definition) is 0. The molecule has 0 aromatic heterocycles. The number of hydrogen-bond acceptors (Lipinski definition) is 1. The molecule has 1 aliphatic heterocycles. The normalized spacial score (nSPS) is 17.5. The fraction of sp³-hybridized carbons (Fsp3) is 0.917. The van der Waals surface area contributed by atoms with Gasteiger partial charge in [-0.2, -0.15) is 0 Å².